The van der Waals surface area contributed by atoms with Gasteiger partial charge in [0.1, 0.15) is 0 Å². The van der Waals surface area contributed by atoms with E-state index in [1.54, 1.807) is 18.2 Å². The Morgan fingerprint density at radius 2 is 1.84 bits per heavy atom. The normalized spacial score (nSPS) is 14.6. The van der Waals surface area contributed by atoms with Crippen molar-refractivity contribution in [1.82, 2.24) is 5.32 Å². The van der Waals surface area contributed by atoms with Gasteiger partial charge in [0.15, 0.2) is 0 Å². The number of hydrogen-bond acceptors (Lipinski definition) is 2. The predicted molar refractivity (Wildman–Crippen MR) is 99.5 cm³/mol. The quantitative estimate of drug-likeness (QED) is 0.829. The summed E-state index contributed by atoms with van der Waals surface area (Å²) < 4.78 is 0. The number of benzene rings is 2. The van der Waals surface area contributed by atoms with E-state index >= 15 is 0 Å². The van der Waals surface area contributed by atoms with E-state index in [-0.39, 0.29) is 23.8 Å². The zero-order valence-electron chi connectivity index (χ0n) is 14.7. The molecule has 4 nitrogen and oxygen atoms in total. The van der Waals surface area contributed by atoms with Crippen molar-refractivity contribution in [2.75, 3.05) is 5.32 Å². The zero-order valence-corrected chi connectivity index (χ0v) is 14.7. The second kappa shape index (κ2) is 7.51. The summed E-state index contributed by atoms with van der Waals surface area (Å²) in [6, 6.07) is 15.3. The average molecular weight is 336 g/mol. The zero-order chi connectivity index (χ0) is 17.8. The van der Waals surface area contributed by atoms with Crippen LogP contribution in [0.5, 0.6) is 0 Å². The lowest BCUT2D eigenvalue weighted by Crippen LogP contribution is -2.28. The molecule has 25 heavy (non-hydrogen) atoms. The average Bonchev–Trinajstić information content (AvgIpc) is 3.46. The fourth-order valence-electron chi connectivity index (χ4n) is 2.79. The Hall–Kier alpha value is -2.62. The van der Waals surface area contributed by atoms with Gasteiger partial charge in [-0.25, -0.2) is 0 Å². The summed E-state index contributed by atoms with van der Waals surface area (Å²) in [5, 5.41) is 5.97. The van der Waals surface area contributed by atoms with Crippen LogP contribution < -0.4 is 10.6 Å². The van der Waals surface area contributed by atoms with E-state index in [2.05, 4.69) is 41.8 Å². The van der Waals surface area contributed by atoms with Crippen molar-refractivity contribution < 1.29 is 9.59 Å². The summed E-state index contributed by atoms with van der Waals surface area (Å²) in [4.78, 5) is 24.5. The molecule has 1 atom stereocenters. The van der Waals surface area contributed by atoms with Crippen LogP contribution in [0, 0.1) is 12.8 Å². The summed E-state index contributed by atoms with van der Waals surface area (Å²) >= 11 is 0. The Kier molecular flexibility index (Phi) is 5.17. The maximum Gasteiger partial charge on any atom is 0.251 e. The highest BCUT2D eigenvalue weighted by atomic mass is 16.2. The van der Waals surface area contributed by atoms with Crippen LogP contribution in [0.3, 0.4) is 0 Å². The molecule has 3 rings (SSSR count). The van der Waals surface area contributed by atoms with Gasteiger partial charge in [-0.2, -0.15) is 0 Å². The lowest BCUT2D eigenvalue weighted by molar-refractivity contribution is -0.117. The standard InChI is InChI=1S/C21H24N2O2/c1-3-19(15-9-7-14(2)8-10-15)23-21(25)17-5-4-6-18(13-17)22-20(24)16-11-12-16/h4-10,13,16,19H,3,11-12H2,1-2H3,(H,22,24)(H,23,25). The highest BCUT2D eigenvalue weighted by Crippen LogP contribution is 2.30. The lowest BCUT2D eigenvalue weighted by Gasteiger charge is -2.18. The van der Waals surface area contributed by atoms with E-state index in [9.17, 15) is 9.59 Å². The van der Waals surface area contributed by atoms with Crippen LogP contribution in [0.25, 0.3) is 0 Å². The minimum Gasteiger partial charge on any atom is -0.345 e. The first-order valence-corrected chi connectivity index (χ1v) is 8.85. The summed E-state index contributed by atoms with van der Waals surface area (Å²) in [7, 11) is 0. The van der Waals surface area contributed by atoms with Crippen molar-refractivity contribution in [2.24, 2.45) is 5.92 Å². The summed E-state index contributed by atoms with van der Waals surface area (Å²) in [6.45, 7) is 4.10. The number of amides is 2. The molecular formula is C21H24N2O2. The fraction of sp³-hybridized carbons (Fsp3) is 0.333. The van der Waals surface area contributed by atoms with Crippen molar-refractivity contribution in [2.45, 2.75) is 39.2 Å². The molecule has 0 aliphatic heterocycles. The van der Waals surface area contributed by atoms with Crippen molar-refractivity contribution in [3.05, 3.63) is 65.2 Å². The Morgan fingerprint density at radius 1 is 1.12 bits per heavy atom. The Morgan fingerprint density at radius 3 is 2.48 bits per heavy atom. The van der Waals surface area contributed by atoms with Gasteiger partial charge in [0.2, 0.25) is 5.91 Å². The Balaban J connectivity index is 1.69. The number of rotatable bonds is 6. The minimum absolute atomic E-state index is 0.0298. The third kappa shape index (κ3) is 4.47. The van der Waals surface area contributed by atoms with Crippen LogP contribution in [0.2, 0.25) is 0 Å². The minimum atomic E-state index is -0.130. The number of anilines is 1. The first kappa shape index (κ1) is 17.2. The van der Waals surface area contributed by atoms with E-state index in [1.165, 1.54) is 5.56 Å². The highest BCUT2D eigenvalue weighted by Gasteiger charge is 2.29. The molecule has 1 aliphatic rings. The van der Waals surface area contributed by atoms with Gasteiger partial charge in [0.25, 0.3) is 5.91 Å². The molecule has 0 spiro atoms. The molecule has 2 aromatic rings. The molecule has 2 aromatic carbocycles. The molecule has 0 heterocycles. The van der Waals surface area contributed by atoms with Crippen LogP contribution >= 0.6 is 0 Å². The van der Waals surface area contributed by atoms with Gasteiger partial charge in [-0.3, -0.25) is 9.59 Å². The number of aryl methyl sites for hydroxylation is 1. The van der Waals surface area contributed by atoms with Crippen LogP contribution in [0.4, 0.5) is 5.69 Å². The number of hydrogen-bond donors (Lipinski definition) is 2. The van der Waals surface area contributed by atoms with Gasteiger partial charge < -0.3 is 10.6 Å². The molecule has 4 heteroatoms. The largest absolute Gasteiger partial charge is 0.345 e. The summed E-state index contributed by atoms with van der Waals surface area (Å²) in [5.41, 5.74) is 3.52. The highest BCUT2D eigenvalue weighted by molar-refractivity contribution is 5.98. The third-order valence-electron chi connectivity index (χ3n) is 4.53. The van der Waals surface area contributed by atoms with Crippen LogP contribution in [-0.4, -0.2) is 11.8 Å². The van der Waals surface area contributed by atoms with Gasteiger partial charge in [0.05, 0.1) is 6.04 Å². The van der Waals surface area contributed by atoms with Crippen LogP contribution in [0.1, 0.15) is 53.7 Å². The number of nitrogens with one attached hydrogen (secondary N) is 2. The van der Waals surface area contributed by atoms with Gasteiger partial charge in [-0.1, -0.05) is 42.8 Å². The molecule has 1 saturated carbocycles. The van der Waals surface area contributed by atoms with Crippen LogP contribution in [-0.2, 0) is 4.79 Å². The van der Waals surface area contributed by atoms with E-state index in [0.717, 1.165) is 24.8 Å². The van der Waals surface area contributed by atoms with Gasteiger partial charge in [-0.05, 0) is 49.9 Å². The predicted octanol–water partition coefficient (Wildman–Crippen LogP) is 4.22. The second-order valence-corrected chi connectivity index (χ2v) is 6.69. The van der Waals surface area contributed by atoms with Gasteiger partial charge in [0, 0.05) is 17.2 Å². The molecule has 1 aliphatic carbocycles. The topological polar surface area (TPSA) is 58.2 Å². The van der Waals surface area contributed by atoms with E-state index in [1.807, 2.05) is 13.0 Å². The van der Waals surface area contributed by atoms with Crippen molar-refractivity contribution in [3.8, 4) is 0 Å². The van der Waals surface area contributed by atoms with E-state index in [4.69, 9.17) is 0 Å². The first-order valence-electron chi connectivity index (χ1n) is 8.85. The SMILES string of the molecule is CCC(NC(=O)c1cccc(NC(=O)C2CC2)c1)c1ccc(C)cc1. The first-order chi connectivity index (χ1) is 12.1. The summed E-state index contributed by atoms with van der Waals surface area (Å²) in [5.74, 6) is 0.0575. The number of carbonyl (C=O) groups is 2. The second-order valence-electron chi connectivity index (χ2n) is 6.69. The molecular weight excluding hydrogens is 312 g/mol. The van der Waals surface area contributed by atoms with E-state index < -0.39 is 0 Å². The lowest BCUT2D eigenvalue weighted by atomic mass is 10.0. The Labute approximate surface area is 148 Å². The maximum atomic E-state index is 12.6. The maximum absolute atomic E-state index is 12.6. The Bertz CT molecular complexity index is 764. The van der Waals surface area contributed by atoms with Crippen molar-refractivity contribution in [3.63, 3.8) is 0 Å². The molecule has 130 valence electrons. The van der Waals surface area contributed by atoms with E-state index in [0.29, 0.717) is 11.3 Å². The monoisotopic (exact) mass is 336 g/mol. The molecule has 2 amide bonds. The molecule has 2 N–H and O–H groups in total. The molecule has 0 aromatic heterocycles. The fourth-order valence-corrected chi connectivity index (χ4v) is 2.79. The molecule has 0 radical (unpaired) electrons. The molecule has 0 bridgehead atoms. The smallest absolute Gasteiger partial charge is 0.251 e. The molecule has 1 unspecified atom stereocenters. The third-order valence-corrected chi connectivity index (χ3v) is 4.53. The molecule has 0 saturated heterocycles. The number of carbonyl (C=O) groups excluding carboxylic acids is 2. The summed E-state index contributed by atoms with van der Waals surface area (Å²) in [6.07, 6.45) is 2.73. The van der Waals surface area contributed by atoms with Crippen molar-refractivity contribution in [1.29, 1.82) is 0 Å². The van der Waals surface area contributed by atoms with Crippen molar-refractivity contribution >= 4 is 17.5 Å². The van der Waals surface area contributed by atoms with Gasteiger partial charge >= 0.3 is 0 Å². The van der Waals surface area contributed by atoms with Crippen LogP contribution in [0.15, 0.2) is 48.5 Å². The molecule has 1 fully saturated rings. The van der Waals surface area contributed by atoms with Gasteiger partial charge in [-0.15, -0.1) is 0 Å².